The number of amides is 1. The first-order valence-corrected chi connectivity index (χ1v) is 7.52. The van der Waals surface area contributed by atoms with E-state index in [2.05, 4.69) is 31.0 Å². The van der Waals surface area contributed by atoms with Crippen molar-refractivity contribution >= 4 is 33.6 Å². The highest BCUT2D eigenvalue weighted by Gasteiger charge is 2.08. The summed E-state index contributed by atoms with van der Waals surface area (Å²) in [7, 11) is 1.31. The van der Waals surface area contributed by atoms with Gasteiger partial charge in [0, 0.05) is 10.7 Å². The Morgan fingerprint density at radius 3 is 2.57 bits per heavy atom. The molecule has 0 aliphatic heterocycles. The second kappa shape index (κ2) is 7.73. The monoisotopic (exact) mass is 378 g/mol. The van der Waals surface area contributed by atoms with Crippen molar-refractivity contribution in [1.29, 1.82) is 0 Å². The van der Waals surface area contributed by atoms with Crippen molar-refractivity contribution in [3.63, 3.8) is 0 Å². The number of carbonyl (C=O) groups is 2. The van der Waals surface area contributed by atoms with Crippen LogP contribution in [0.3, 0.4) is 0 Å². The Balaban J connectivity index is 1.88. The van der Waals surface area contributed by atoms with Crippen LogP contribution < -0.4 is 10.1 Å². The lowest BCUT2D eigenvalue weighted by Crippen LogP contribution is -2.20. The zero-order valence-corrected chi connectivity index (χ0v) is 14.2. The Morgan fingerprint density at radius 2 is 1.96 bits per heavy atom. The minimum absolute atomic E-state index is 0.158. The van der Waals surface area contributed by atoms with E-state index in [1.54, 1.807) is 36.5 Å². The van der Waals surface area contributed by atoms with Crippen LogP contribution in [0.4, 0.5) is 5.82 Å². The van der Waals surface area contributed by atoms with Gasteiger partial charge in [-0.05, 0) is 58.7 Å². The van der Waals surface area contributed by atoms with E-state index in [-0.39, 0.29) is 12.5 Å². The zero-order chi connectivity index (χ0) is 16.8. The fraction of sp³-hybridized carbons (Fsp3) is 0.188. The predicted octanol–water partition coefficient (Wildman–Crippen LogP) is 2.96. The average molecular weight is 379 g/mol. The molecule has 1 aromatic heterocycles. The number of aryl methyl sites for hydroxylation is 1. The number of carbonyl (C=O) groups excluding carboxylic acids is 2. The second-order valence-corrected chi connectivity index (χ2v) is 5.53. The van der Waals surface area contributed by atoms with Gasteiger partial charge in [-0.1, -0.05) is 0 Å². The highest BCUT2D eigenvalue weighted by Crippen LogP contribution is 2.17. The number of ether oxygens (including phenoxy) is 2. The van der Waals surface area contributed by atoms with Crippen LogP contribution in [0, 0.1) is 6.92 Å². The highest BCUT2D eigenvalue weighted by molar-refractivity contribution is 9.10. The van der Waals surface area contributed by atoms with Gasteiger partial charge >= 0.3 is 5.97 Å². The van der Waals surface area contributed by atoms with Crippen LogP contribution in [-0.4, -0.2) is 30.6 Å². The first-order chi connectivity index (χ1) is 11.0. The molecule has 7 heteroatoms. The van der Waals surface area contributed by atoms with Gasteiger partial charge < -0.3 is 14.8 Å². The number of anilines is 1. The first kappa shape index (κ1) is 17.0. The number of nitrogens with zero attached hydrogens (tertiary/aromatic N) is 1. The smallest absolute Gasteiger partial charge is 0.337 e. The van der Waals surface area contributed by atoms with Crippen LogP contribution >= 0.6 is 15.9 Å². The summed E-state index contributed by atoms with van der Waals surface area (Å²) in [4.78, 5) is 27.2. The molecule has 6 nitrogen and oxygen atoms in total. The van der Waals surface area contributed by atoms with E-state index in [0.717, 1.165) is 10.0 Å². The molecule has 0 saturated carbocycles. The molecule has 1 aromatic carbocycles. The van der Waals surface area contributed by atoms with Crippen molar-refractivity contribution in [1.82, 2.24) is 4.98 Å². The van der Waals surface area contributed by atoms with Crippen LogP contribution in [0.25, 0.3) is 0 Å². The van der Waals surface area contributed by atoms with Gasteiger partial charge in [0.1, 0.15) is 11.6 Å². The Kier molecular flexibility index (Phi) is 5.70. The molecule has 1 amide bonds. The van der Waals surface area contributed by atoms with Gasteiger partial charge in [0.2, 0.25) is 0 Å². The van der Waals surface area contributed by atoms with E-state index < -0.39 is 5.97 Å². The van der Waals surface area contributed by atoms with Crippen LogP contribution in [-0.2, 0) is 9.53 Å². The van der Waals surface area contributed by atoms with Crippen LogP contribution in [0.5, 0.6) is 5.75 Å². The molecular weight excluding hydrogens is 364 g/mol. The lowest BCUT2D eigenvalue weighted by molar-refractivity contribution is -0.118. The molecule has 0 aliphatic rings. The van der Waals surface area contributed by atoms with Gasteiger partial charge in [0.15, 0.2) is 6.61 Å². The summed E-state index contributed by atoms with van der Waals surface area (Å²) in [5.74, 6) is 0.190. The molecule has 0 unspecified atom stereocenters. The van der Waals surface area contributed by atoms with Crippen molar-refractivity contribution in [3.8, 4) is 5.75 Å². The molecule has 2 rings (SSSR count). The summed E-state index contributed by atoms with van der Waals surface area (Å²) in [5, 5.41) is 2.65. The molecule has 0 radical (unpaired) electrons. The summed E-state index contributed by atoms with van der Waals surface area (Å²) < 4.78 is 10.8. The number of hydrogen-bond donors (Lipinski definition) is 1. The molecule has 0 saturated heterocycles. The van der Waals surface area contributed by atoms with Crippen molar-refractivity contribution < 1.29 is 19.1 Å². The largest absolute Gasteiger partial charge is 0.484 e. The lowest BCUT2D eigenvalue weighted by atomic mass is 10.2. The molecule has 0 fully saturated rings. The lowest BCUT2D eigenvalue weighted by Gasteiger charge is -2.08. The Bertz CT molecular complexity index is 717. The standard InChI is InChI=1S/C16H15BrN2O4/c1-10-7-14(18-8-13(10)17)19-15(20)9-23-12-5-3-11(4-6-12)16(21)22-2/h3-8H,9H2,1-2H3,(H,18,19,20). The van der Waals surface area contributed by atoms with E-state index in [1.165, 1.54) is 7.11 Å². The third-order valence-electron chi connectivity index (χ3n) is 2.96. The fourth-order valence-electron chi connectivity index (χ4n) is 1.74. The minimum atomic E-state index is -0.425. The number of aromatic nitrogens is 1. The predicted molar refractivity (Wildman–Crippen MR) is 88.6 cm³/mol. The number of esters is 1. The van der Waals surface area contributed by atoms with E-state index in [1.807, 2.05) is 6.92 Å². The van der Waals surface area contributed by atoms with Crippen molar-refractivity contribution in [2.45, 2.75) is 6.92 Å². The average Bonchev–Trinajstić information content (AvgIpc) is 2.56. The SMILES string of the molecule is COC(=O)c1ccc(OCC(=O)Nc2cc(C)c(Br)cn2)cc1. The molecule has 0 spiro atoms. The minimum Gasteiger partial charge on any atom is -0.484 e. The number of halogens is 1. The molecular formula is C16H15BrN2O4. The van der Waals surface area contributed by atoms with Crippen molar-refractivity contribution in [2.75, 3.05) is 19.0 Å². The molecule has 1 N–H and O–H groups in total. The third-order valence-corrected chi connectivity index (χ3v) is 3.79. The van der Waals surface area contributed by atoms with E-state index in [0.29, 0.717) is 17.1 Å². The van der Waals surface area contributed by atoms with Crippen LogP contribution in [0.1, 0.15) is 15.9 Å². The van der Waals surface area contributed by atoms with Gasteiger partial charge in [0.25, 0.3) is 5.91 Å². The van der Waals surface area contributed by atoms with Crippen LogP contribution in [0.15, 0.2) is 41.0 Å². The number of methoxy groups -OCH3 is 1. The van der Waals surface area contributed by atoms with Gasteiger partial charge in [-0.25, -0.2) is 9.78 Å². The van der Waals surface area contributed by atoms with Gasteiger partial charge in [-0.15, -0.1) is 0 Å². The Morgan fingerprint density at radius 1 is 1.26 bits per heavy atom. The van der Waals surface area contributed by atoms with Gasteiger partial charge in [0.05, 0.1) is 12.7 Å². The molecule has 1 heterocycles. The normalized spacial score (nSPS) is 10.0. The maximum Gasteiger partial charge on any atom is 0.337 e. The fourth-order valence-corrected chi connectivity index (χ4v) is 1.96. The van der Waals surface area contributed by atoms with E-state index in [4.69, 9.17) is 4.74 Å². The summed E-state index contributed by atoms with van der Waals surface area (Å²) in [6.45, 7) is 1.75. The van der Waals surface area contributed by atoms with Crippen molar-refractivity contribution in [3.05, 3.63) is 52.1 Å². The van der Waals surface area contributed by atoms with Crippen LogP contribution in [0.2, 0.25) is 0 Å². The van der Waals surface area contributed by atoms with E-state index in [9.17, 15) is 9.59 Å². The Labute approximate surface area is 142 Å². The number of pyridine rings is 1. The quantitative estimate of drug-likeness (QED) is 0.809. The zero-order valence-electron chi connectivity index (χ0n) is 12.6. The molecule has 23 heavy (non-hydrogen) atoms. The molecule has 0 aliphatic carbocycles. The summed E-state index contributed by atoms with van der Waals surface area (Å²) >= 11 is 3.35. The topological polar surface area (TPSA) is 77.5 Å². The second-order valence-electron chi connectivity index (χ2n) is 4.67. The molecule has 2 aromatic rings. The maximum atomic E-state index is 11.8. The van der Waals surface area contributed by atoms with E-state index >= 15 is 0 Å². The molecule has 0 atom stereocenters. The highest BCUT2D eigenvalue weighted by atomic mass is 79.9. The van der Waals surface area contributed by atoms with Gasteiger partial charge in [-0.3, -0.25) is 4.79 Å². The third kappa shape index (κ3) is 4.79. The van der Waals surface area contributed by atoms with Gasteiger partial charge in [-0.2, -0.15) is 0 Å². The molecule has 120 valence electrons. The summed E-state index contributed by atoms with van der Waals surface area (Å²) in [6.07, 6.45) is 1.62. The summed E-state index contributed by atoms with van der Waals surface area (Å²) in [5.41, 5.74) is 1.38. The Hall–Kier alpha value is -2.41. The number of hydrogen-bond acceptors (Lipinski definition) is 5. The first-order valence-electron chi connectivity index (χ1n) is 6.73. The van der Waals surface area contributed by atoms with Crippen molar-refractivity contribution in [2.24, 2.45) is 0 Å². The maximum absolute atomic E-state index is 11.8. The number of rotatable bonds is 5. The number of benzene rings is 1. The summed E-state index contributed by atoms with van der Waals surface area (Å²) in [6, 6.07) is 8.09. The number of nitrogens with one attached hydrogen (secondary N) is 1. The molecule has 0 bridgehead atoms.